The maximum Gasteiger partial charge on any atom is 0.331 e. The Morgan fingerprint density at radius 1 is 1.30 bits per heavy atom. The number of carbonyl (C=O) groups excluding carboxylic acids is 1. The summed E-state index contributed by atoms with van der Waals surface area (Å²) in [5.41, 5.74) is 0.566. The number of nitrogens with zero attached hydrogens (tertiary/aromatic N) is 2. The van der Waals surface area contributed by atoms with E-state index in [2.05, 4.69) is 10.3 Å². The fourth-order valence-corrected chi connectivity index (χ4v) is 1.70. The summed E-state index contributed by atoms with van der Waals surface area (Å²) in [5, 5.41) is 2.78. The normalized spacial score (nSPS) is 10.1. The van der Waals surface area contributed by atoms with E-state index in [-0.39, 0.29) is 6.03 Å². The Morgan fingerprint density at radius 2 is 2.10 bits per heavy atom. The first-order chi connectivity index (χ1) is 9.74. The van der Waals surface area contributed by atoms with E-state index in [0.717, 1.165) is 0 Å². The molecule has 0 aliphatic heterocycles. The summed E-state index contributed by atoms with van der Waals surface area (Å²) in [7, 11) is 0. The minimum absolute atomic E-state index is 0.308. The molecule has 1 aromatic carbocycles. The highest BCUT2D eigenvalue weighted by atomic mass is 16.5. The predicted molar refractivity (Wildman–Crippen MR) is 75.4 cm³/mol. The Kier molecular flexibility index (Phi) is 4.60. The van der Waals surface area contributed by atoms with E-state index in [1.165, 1.54) is 10.9 Å². The molecule has 0 spiro atoms. The molecule has 0 bridgehead atoms. The van der Waals surface area contributed by atoms with E-state index in [4.69, 9.17) is 9.47 Å². The minimum atomic E-state index is -0.308. The molecule has 1 amide bonds. The lowest BCUT2D eigenvalue weighted by Gasteiger charge is -2.13. The van der Waals surface area contributed by atoms with E-state index in [0.29, 0.717) is 30.4 Å². The zero-order valence-electron chi connectivity index (χ0n) is 11.5. The summed E-state index contributed by atoms with van der Waals surface area (Å²) in [6, 6.07) is 5.01. The molecule has 0 unspecified atom stereocenters. The molecule has 2 aromatic rings. The van der Waals surface area contributed by atoms with Gasteiger partial charge in [0.15, 0.2) is 0 Å². The van der Waals surface area contributed by atoms with Crippen molar-refractivity contribution in [1.29, 1.82) is 0 Å². The molecule has 6 heteroatoms. The molecule has 1 heterocycles. The number of nitrogens with one attached hydrogen (secondary N) is 1. The lowest BCUT2D eigenvalue weighted by atomic mass is 10.2. The van der Waals surface area contributed by atoms with Crippen molar-refractivity contribution in [2.75, 3.05) is 18.5 Å². The van der Waals surface area contributed by atoms with Crippen LogP contribution in [0.2, 0.25) is 0 Å². The van der Waals surface area contributed by atoms with Crippen LogP contribution in [0.1, 0.15) is 13.8 Å². The summed E-state index contributed by atoms with van der Waals surface area (Å²) in [5.74, 6) is 1.28. The van der Waals surface area contributed by atoms with E-state index in [1.807, 2.05) is 13.8 Å². The zero-order valence-corrected chi connectivity index (χ0v) is 11.5. The first kappa shape index (κ1) is 13.9. The van der Waals surface area contributed by atoms with Gasteiger partial charge in [0.05, 0.1) is 18.9 Å². The molecule has 0 aliphatic carbocycles. The van der Waals surface area contributed by atoms with Crippen molar-refractivity contribution in [3.63, 3.8) is 0 Å². The molecular formula is C14H17N3O3. The van der Waals surface area contributed by atoms with Crippen molar-refractivity contribution in [3.05, 3.63) is 36.9 Å². The first-order valence-electron chi connectivity index (χ1n) is 6.43. The molecule has 106 valence electrons. The van der Waals surface area contributed by atoms with Crippen LogP contribution in [0, 0.1) is 0 Å². The van der Waals surface area contributed by atoms with Crippen molar-refractivity contribution in [2.45, 2.75) is 13.8 Å². The monoisotopic (exact) mass is 275 g/mol. The second kappa shape index (κ2) is 6.60. The van der Waals surface area contributed by atoms with Crippen LogP contribution in [0.4, 0.5) is 10.5 Å². The van der Waals surface area contributed by atoms with Gasteiger partial charge >= 0.3 is 6.03 Å². The Bertz CT molecular complexity index is 567. The fourth-order valence-electron chi connectivity index (χ4n) is 1.70. The molecule has 20 heavy (non-hydrogen) atoms. The van der Waals surface area contributed by atoms with Gasteiger partial charge in [0, 0.05) is 18.5 Å². The number of hydrogen-bond donors (Lipinski definition) is 1. The second-order valence-electron chi connectivity index (χ2n) is 3.92. The largest absolute Gasteiger partial charge is 0.494 e. The molecule has 0 saturated heterocycles. The van der Waals surface area contributed by atoms with Crippen LogP contribution in [0.3, 0.4) is 0 Å². The van der Waals surface area contributed by atoms with Crippen molar-refractivity contribution < 1.29 is 14.3 Å². The topological polar surface area (TPSA) is 65.4 Å². The van der Waals surface area contributed by atoms with Crippen LogP contribution < -0.4 is 14.8 Å². The van der Waals surface area contributed by atoms with Crippen LogP contribution in [0.15, 0.2) is 36.9 Å². The summed E-state index contributed by atoms with van der Waals surface area (Å²) < 4.78 is 12.3. The molecule has 0 aliphatic rings. The Hall–Kier alpha value is -2.50. The third-order valence-corrected chi connectivity index (χ3v) is 2.54. The van der Waals surface area contributed by atoms with E-state index in [1.54, 1.807) is 30.6 Å². The summed E-state index contributed by atoms with van der Waals surface area (Å²) in [4.78, 5) is 15.9. The van der Waals surface area contributed by atoms with Gasteiger partial charge < -0.3 is 14.8 Å². The maximum atomic E-state index is 12.0. The third kappa shape index (κ3) is 3.28. The minimum Gasteiger partial charge on any atom is -0.494 e. The highest BCUT2D eigenvalue weighted by Crippen LogP contribution is 2.29. The fraction of sp³-hybridized carbons (Fsp3) is 0.286. The molecule has 1 aromatic heterocycles. The first-order valence-corrected chi connectivity index (χ1v) is 6.43. The van der Waals surface area contributed by atoms with Gasteiger partial charge in [0.25, 0.3) is 0 Å². The van der Waals surface area contributed by atoms with Crippen LogP contribution in [-0.4, -0.2) is 28.8 Å². The molecule has 2 rings (SSSR count). The molecule has 0 atom stereocenters. The van der Waals surface area contributed by atoms with Crippen molar-refractivity contribution >= 4 is 11.7 Å². The molecule has 0 saturated carbocycles. The van der Waals surface area contributed by atoms with Gasteiger partial charge in [0.2, 0.25) is 0 Å². The van der Waals surface area contributed by atoms with E-state index >= 15 is 0 Å². The highest BCUT2D eigenvalue weighted by Gasteiger charge is 2.10. The number of imidazole rings is 1. The van der Waals surface area contributed by atoms with Gasteiger partial charge in [-0.15, -0.1) is 0 Å². The van der Waals surface area contributed by atoms with Gasteiger partial charge in [-0.1, -0.05) is 0 Å². The van der Waals surface area contributed by atoms with Crippen molar-refractivity contribution in [2.24, 2.45) is 0 Å². The standard InChI is InChI=1S/C14H17N3O3/c1-3-19-11-5-6-13(20-4-2)12(9-11)16-14(18)17-8-7-15-10-17/h5-10H,3-4H2,1-2H3,(H,16,18). The number of benzene rings is 1. The molecule has 6 nitrogen and oxygen atoms in total. The van der Waals surface area contributed by atoms with Gasteiger partial charge in [-0.3, -0.25) is 4.57 Å². The smallest absolute Gasteiger partial charge is 0.331 e. The molecule has 1 N–H and O–H groups in total. The second-order valence-corrected chi connectivity index (χ2v) is 3.92. The van der Waals surface area contributed by atoms with Crippen LogP contribution >= 0.6 is 0 Å². The maximum absolute atomic E-state index is 12.0. The van der Waals surface area contributed by atoms with E-state index < -0.39 is 0 Å². The average Bonchev–Trinajstić information content (AvgIpc) is 2.96. The Morgan fingerprint density at radius 3 is 2.75 bits per heavy atom. The summed E-state index contributed by atoms with van der Waals surface area (Å²) >= 11 is 0. The van der Waals surface area contributed by atoms with Gasteiger partial charge in [-0.25, -0.2) is 9.78 Å². The lowest BCUT2D eigenvalue weighted by molar-refractivity contribution is 0.253. The molecular weight excluding hydrogens is 258 g/mol. The van der Waals surface area contributed by atoms with Crippen LogP contribution in [0.25, 0.3) is 0 Å². The summed E-state index contributed by atoms with van der Waals surface area (Å²) in [6.07, 6.45) is 4.55. The number of ether oxygens (including phenoxy) is 2. The van der Waals surface area contributed by atoms with Crippen molar-refractivity contribution in [1.82, 2.24) is 9.55 Å². The van der Waals surface area contributed by atoms with Crippen molar-refractivity contribution in [3.8, 4) is 11.5 Å². The Balaban J connectivity index is 2.22. The SMILES string of the molecule is CCOc1ccc(OCC)c(NC(=O)n2ccnc2)c1. The van der Waals surface area contributed by atoms with Gasteiger partial charge in [-0.2, -0.15) is 0 Å². The summed E-state index contributed by atoms with van der Waals surface area (Å²) in [6.45, 7) is 4.86. The average molecular weight is 275 g/mol. The number of hydrogen-bond acceptors (Lipinski definition) is 4. The number of aromatic nitrogens is 2. The number of anilines is 1. The van der Waals surface area contributed by atoms with Gasteiger partial charge in [-0.05, 0) is 26.0 Å². The highest BCUT2D eigenvalue weighted by molar-refractivity contribution is 5.92. The molecule has 0 fully saturated rings. The molecule has 0 radical (unpaired) electrons. The zero-order chi connectivity index (χ0) is 14.4. The third-order valence-electron chi connectivity index (χ3n) is 2.54. The lowest BCUT2D eigenvalue weighted by Crippen LogP contribution is -2.18. The Labute approximate surface area is 117 Å². The van der Waals surface area contributed by atoms with Crippen LogP contribution in [0.5, 0.6) is 11.5 Å². The number of carbonyl (C=O) groups is 1. The number of amides is 1. The van der Waals surface area contributed by atoms with E-state index in [9.17, 15) is 4.79 Å². The predicted octanol–water partition coefficient (Wildman–Crippen LogP) is 2.76. The van der Waals surface area contributed by atoms with Gasteiger partial charge in [0.1, 0.15) is 17.8 Å². The number of rotatable bonds is 5. The van der Waals surface area contributed by atoms with Crippen LogP contribution in [-0.2, 0) is 0 Å². The quantitative estimate of drug-likeness (QED) is 0.911.